The van der Waals surface area contributed by atoms with Crippen LogP contribution in [-0.4, -0.2) is 27.4 Å². The maximum Gasteiger partial charge on any atom is 0.406 e. The predicted molar refractivity (Wildman–Crippen MR) is 71.9 cm³/mol. The SMILES string of the molecule is Cc1csc(NC(=O)COc2cccnc2[N+](=O)[O-])n1. The third kappa shape index (κ3) is 3.48. The number of aromatic nitrogens is 2. The Morgan fingerprint density at radius 1 is 1.60 bits per heavy atom. The second kappa shape index (κ2) is 6.06. The van der Waals surface area contributed by atoms with E-state index in [9.17, 15) is 14.9 Å². The summed E-state index contributed by atoms with van der Waals surface area (Å²) in [5.41, 5.74) is 0.800. The first-order chi connectivity index (χ1) is 9.56. The van der Waals surface area contributed by atoms with Crippen LogP contribution in [0.4, 0.5) is 10.9 Å². The average molecular weight is 294 g/mol. The van der Waals surface area contributed by atoms with E-state index in [1.807, 2.05) is 6.92 Å². The van der Waals surface area contributed by atoms with Crippen LogP contribution in [0.15, 0.2) is 23.7 Å². The number of anilines is 1. The van der Waals surface area contributed by atoms with E-state index in [1.54, 1.807) is 5.38 Å². The van der Waals surface area contributed by atoms with E-state index in [0.29, 0.717) is 5.13 Å². The molecule has 0 aliphatic heterocycles. The zero-order valence-corrected chi connectivity index (χ0v) is 11.2. The van der Waals surface area contributed by atoms with Crippen LogP contribution in [0.25, 0.3) is 0 Å². The molecule has 1 N–H and O–H groups in total. The fourth-order valence-electron chi connectivity index (χ4n) is 1.34. The molecule has 0 radical (unpaired) electrons. The van der Waals surface area contributed by atoms with Crippen LogP contribution < -0.4 is 10.1 Å². The number of thiazole rings is 1. The lowest BCUT2D eigenvalue weighted by atomic mass is 10.4. The van der Waals surface area contributed by atoms with Crippen molar-refractivity contribution >= 4 is 28.2 Å². The Morgan fingerprint density at radius 3 is 3.05 bits per heavy atom. The van der Waals surface area contributed by atoms with Crippen molar-refractivity contribution < 1.29 is 14.5 Å². The third-order valence-electron chi connectivity index (χ3n) is 2.15. The van der Waals surface area contributed by atoms with Crippen LogP contribution in [0, 0.1) is 17.0 Å². The monoisotopic (exact) mass is 294 g/mol. The number of amides is 1. The van der Waals surface area contributed by atoms with E-state index < -0.39 is 16.6 Å². The van der Waals surface area contributed by atoms with Crippen LogP contribution in [-0.2, 0) is 4.79 Å². The fraction of sp³-hybridized carbons (Fsp3) is 0.182. The number of carbonyl (C=O) groups excluding carboxylic acids is 1. The molecule has 0 unspecified atom stereocenters. The molecule has 0 aliphatic carbocycles. The van der Waals surface area contributed by atoms with Gasteiger partial charge in [0.25, 0.3) is 5.91 Å². The standard InChI is InChI=1S/C11H10N4O4S/c1-7-6-20-11(13-7)14-9(16)5-19-8-3-2-4-12-10(8)15(17)18/h2-4,6H,5H2,1H3,(H,13,14,16). The van der Waals surface area contributed by atoms with Crippen molar-refractivity contribution in [3.63, 3.8) is 0 Å². The summed E-state index contributed by atoms with van der Waals surface area (Å²) in [7, 11) is 0. The molecule has 0 spiro atoms. The highest BCUT2D eigenvalue weighted by Gasteiger charge is 2.16. The van der Waals surface area contributed by atoms with Crippen LogP contribution in [0.1, 0.15) is 5.69 Å². The van der Waals surface area contributed by atoms with Gasteiger partial charge in [-0.3, -0.25) is 10.1 Å². The van der Waals surface area contributed by atoms with Crippen LogP contribution in [0.3, 0.4) is 0 Å². The van der Waals surface area contributed by atoms with Crippen molar-refractivity contribution in [3.8, 4) is 5.75 Å². The smallest absolute Gasteiger partial charge is 0.406 e. The quantitative estimate of drug-likeness (QED) is 0.665. The Hall–Kier alpha value is -2.55. The predicted octanol–water partition coefficient (Wildman–Crippen LogP) is 1.77. The minimum atomic E-state index is -0.669. The van der Waals surface area contributed by atoms with Gasteiger partial charge in [0.2, 0.25) is 5.75 Å². The van der Waals surface area contributed by atoms with Gasteiger partial charge in [0.05, 0.1) is 5.69 Å². The van der Waals surface area contributed by atoms with E-state index in [4.69, 9.17) is 4.74 Å². The molecule has 2 heterocycles. The van der Waals surface area contributed by atoms with Gasteiger partial charge < -0.3 is 14.9 Å². The third-order valence-corrected chi connectivity index (χ3v) is 3.02. The lowest BCUT2D eigenvalue weighted by Crippen LogP contribution is -2.20. The van der Waals surface area contributed by atoms with Gasteiger partial charge >= 0.3 is 5.82 Å². The molecule has 104 valence electrons. The Bertz CT molecular complexity index is 643. The van der Waals surface area contributed by atoms with Gasteiger partial charge in [0.1, 0.15) is 6.20 Å². The molecule has 0 saturated carbocycles. The number of hydrogen-bond donors (Lipinski definition) is 1. The van der Waals surface area contributed by atoms with Crippen LogP contribution in [0.5, 0.6) is 5.75 Å². The molecule has 0 fully saturated rings. The number of hydrogen-bond acceptors (Lipinski definition) is 7. The van der Waals surface area contributed by atoms with Crippen molar-refractivity contribution in [2.45, 2.75) is 6.92 Å². The van der Waals surface area contributed by atoms with Crippen LogP contribution in [0.2, 0.25) is 0 Å². The molecule has 0 atom stereocenters. The molecule has 2 aromatic rings. The Labute approximate surface area is 117 Å². The van der Waals surface area contributed by atoms with Crippen molar-refractivity contribution in [2.75, 3.05) is 11.9 Å². The number of nitrogens with zero attached hydrogens (tertiary/aromatic N) is 3. The summed E-state index contributed by atoms with van der Waals surface area (Å²) in [5, 5.41) is 15.5. The summed E-state index contributed by atoms with van der Waals surface area (Å²) in [6.07, 6.45) is 1.28. The molecule has 0 aliphatic rings. The summed E-state index contributed by atoms with van der Waals surface area (Å²) < 4.78 is 5.10. The maximum atomic E-state index is 11.6. The van der Waals surface area contributed by atoms with Crippen molar-refractivity contribution in [2.24, 2.45) is 0 Å². The van der Waals surface area contributed by atoms with Crippen molar-refractivity contribution in [1.29, 1.82) is 0 Å². The van der Waals surface area contributed by atoms with Crippen molar-refractivity contribution in [1.82, 2.24) is 9.97 Å². The highest BCUT2D eigenvalue weighted by Crippen LogP contribution is 2.22. The van der Waals surface area contributed by atoms with Gasteiger partial charge in [-0.15, -0.1) is 11.3 Å². The number of aryl methyl sites for hydroxylation is 1. The highest BCUT2D eigenvalue weighted by atomic mass is 32.1. The fourth-order valence-corrected chi connectivity index (χ4v) is 2.05. The maximum absolute atomic E-state index is 11.6. The first-order valence-corrected chi connectivity index (χ1v) is 6.38. The zero-order chi connectivity index (χ0) is 14.5. The van der Waals surface area contributed by atoms with Gasteiger partial charge in [-0.05, 0) is 29.0 Å². The summed E-state index contributed by atoms with van der Waals surface area (Å²) in [5.74, 6) is -0.925. The Balaban J connectivity index is 1.95. The normalized spacial score (nSPS) is 10.1. The lowest BCUT2D eigenvalue weighted by Gasteiger charge is -2.05. The topological polar surface area (TPSA) is 107 Å². The number of carbonyl (C=O) groups is 1. The average Bonchev–Trinajstić information content (AvgIpc) is 2.82. The number of nitro groups is 1. The molecule has 2 aromatic heterocycles. The Kier molecular flexibility index (Phi) is 4.20. The summed E-state index contributed by atoms with van der Waals surface area (Å²) in [4.78, 5) is 29.3. The lowest BCUT2D eigenvalue weighted by molar-refractivity contribution is -0.390. The Morgan fingerprint density at radius 2 is 2.40 bits per heavy atom. The molecule has 8 nitrogen and oxygen atoms in total. The summed E-state index contributed by atoms with van der Waals surface area (Å²) >= 11 is 1.29. The first-order valence-electron chi connectivity index (χ1n) is 5.50. The second-order valence-corrected chi connectivity index (χ2v) is 4.57. The molecule has 20 heavy (non-hydrogen) atoms. The van der Waals surface area contributed by atoms with Crippen LogP contribution >= 0.6 is 11.3 Å². The number of pyridine rings is 1. The van der Waals surface area contributed by atoms with E-state index in [0.717, 1.165) is 5.69 Å². The minimum absolute atomic E-state index is 0.0528. The van der Waals surface area contributed by atoms with E-state index >= 15 is 0 Å². The van der Waals surface area contributed by atoms with Gasteiger partial charge in [-0.2, -0.15) is 0 Å². The number of ether oxygens (including phenoxy) is 1. The van der Waals surface area contributed by atoms with E-state index in [-0.39, 0.29) is 12.4 Å². The summed E-state index contributed by atoms with van der Waals surface area (Å²) in [6, 6.07) is 2.87. The zero-order valence-electron chi connectivity index (χ0n) is 10.4. The van der Waals surface area contributed by atoms with Gasteiger partial charge in [0.15, 0.2) is 11.7 Å². The van der Waals surface area contributed by atoms with Gasteiger partial charge in [-0.25, -0.2) is 4.98 Å². The molecule has 0 saturated heterocycles. The van der Waals surface area contributed by atoms with Gasteiger partial charge in [-0.1, -0.05) is 0 Å². The first kappa shape index (κ1) is 13.9. The highest BCUT2D eigenvalue weighted by molar-refractivity contribution is 7.13. The molecule has 9 heteroatoms. The minimum Gasteiger partial charge on any atom is -0.476 e. The number of rotatable bonds is 5. The van der Waals surface area contributed by atoms with E-state index in [2.05, 4.69) is 15.3 Å². The molecule has 1 amide bonds. The molecular weight excluding hydrogens is 284 g/mol. The number of nitrogens with one attached hydrogen (secondary N) is 1. The molecular formula is C11H10N4O4S. The summed E-state index contributed by atoms with van der Waals surface area (Å²) in [6.45, 7) is 1.45. The largest absolute Gasteiger partial charge is 0.476 e. The van der Waals surface area contributed by atoms with E-state index in [1.165, 1.54) is 29.7 Å². The van der Waals surface area contributed by atoms with Crippen molar-refractivity contribution in [3.05, 3.63) is 39.5 Å². The second-order valence-electron chi connectivity index (χ2n) is 3.71. The molecule has 0 bridgehead atoms. The molecule has 0 aromatic carbocycles. The molecule has 2 rings (SSSR count). The van der Waals surface area contributed by atoms with Gasteiger partial charge in [0, 0.05) is 5.38 Å².